The van der Waals surface area contributed by atoms with E-state index in [0.29, 0.717) is 19.4 Å². The Morgan fingerprint density at radius 1 is 1.29 bits per heavy atom. The molecule has 0 aromatic heterocycles. The van der Waals surface area contributed by atoms with Crippen LogP contribution in [0.1, 0.15) is 36.8 Å². The van der Waals surface area contributed by atoms with Gasteiger partial charge in [0.25, 0.3) is 0 Å². The van der Waals surface area contributed by atoms with E-state index in [0.717, 1.165) is 18.4 Å². The summed E-state index contributed by atoms with van der Waals surface area (Å²) < 4.78 is 0. The maximum absolute atomic E-state index is 12.5. The summed E-state index contributed by atoms with van der Waals surface area (Å²) in [5.41, 5.74) is 2.29. The largest absolute Gasteiger partial charge is 0.481 e. The summed E-state index contributed by atoms with van der Waals surface area (Å²) in [6.07, 6.45) is 2.81. The van der Waals surface area contributed by atoms with Gasteiger partial charge >= 0.3 is 5.97 Å². The summed E-state index contributed by atoms with van der Waals surface area (Å²) in [4.78, 5) is 25.3. The van der Waals surface area contributed by atoms with Crippen molar-refractivity contribution in [1.82, 2.24) is 4.90 Å². The number of carboxylic acid groups (broad SMARTS) is 1. The number of rotatable bonds is 4. The molecule has 4 nitrogen and oxygen atoms in total. The van der Waals surface area contributed by atoms with Crippen LogP contribution in [-0.4, -0.2) is 28.9 Å². The van der Waals surface area contributed by atoms with Crippen LogP contribution in [0.15, 0.2) is 24.3 Å². The monoisotopic (exact) mass is 289 g/mol. The number of hydrogen-bond acceptors (Lipinski definition) is 2. The number of benzene rings is 1. The number of amides is 1. The molecule has 21 heavy (non-hydrogen) atoms. The van der Waals surface area contributed by atoms with Gasteiger partial charge in [-0.3, -0.25) is 9.59 Å². The number of aryl methyl sites for hydroxylation is 1. The van der Waals surface area contributed by atoms with Gasteiger partial charge in [-0.2, -0.15) is 0 Å². The Kier molecular flexibility index (Phi) is 4.99. The van der Waals surface area contributed by atoms with Crippen LogP contribution >= 0.6 is 0 Å². The third-order valence-electron chi connectivity index (χ3n) is 4.25. The van der Waals surface area contributed by atoms with E-state index in [9.17, 15) is 9.59 Å². The second-order valence-corrected chi connectivity index (χ2v) is 6.08. The zero-order valence-electron chi connectivity index (χ0n) is 12.7. The van der Waals surface area contributed by atoms with Crippen LogP contribution < -0.4 is 0 Å². The van der Waals surface area contributed by atoms with Gasteiger partial charge in [-0.1, -0.05) is 36.2 Å². The smallest absolute Gasteiger partial charge is 0.306 e. The lowest BCUT2D eigenvalue weighted by Gasteiger charge is -2.29. The standard InChI is InChI=1S/C17H23NO3/c1-12-5-3-6-13(9-12)11-18(2)16(19)14-7-4-8-15(10-14)17(20)21/h3,5-6,9,14-15H,4,7-8,10-11H2,1-2H3,(H,20,21). The number of carbonyl (C=O) groups is 2. The predicted molar refractivity (Wildman–Crippen MR) is 80.7 cm³/mol. The number of hydrogen-bond donors (Lipinski definition) is 1. The van der Waals surface area contributed by atoms with E-state index in [-0.39, 0.29) is 17.7 Å². The molecule has 0 saturated heterocycles. The molecule has 1 saturated carbocycles. The van der Waals surface area contributed by atoms with E-state index < -0.39 is 5.97 Å². The van der Waals surface area contributed by atoms with Crippen LogP contribution in [0.3, 0.4) is 0 Å². The molecule has 2 atom stereocenters. The molecule has 0 aliphatic heterocycles. The third kappa shape index (κ3) is 4.06. The number of carbonyl (C=O) groups excluding carboxylic acids is 1. The van der Waals surface area contributed by atoms with Crippen molar-refractivity contribution >= 4 is 11.9 Å². The molecule has 0 radical (unpaired) electrons. The molecule has 1 N–H and O–H groups in total. The maximum atomic E-state index is 12.5. The zero-order valence-corrected chi connectivity index (χ0v) is 12.7. The Labute approximate surface area is 125 Å². The molecule has 1 amide bonds. The molecular weight excluding hydrogens is 266 g/mol. The molecule has 0 bridgehead atoms. The van der Waals surface area contributed by atoms with Gasteiger partial charge in [-0.25, -0.2) is 0 Å². The van der Waals surface area contributed by atoms with Gasteiger partial charge in [-0.15, -0.1) is 0 Å². The Hall–Kier alpha value is -1.84. The molecule has 0 spiro atoms. The molecule has 4 heteroatoms. The quantitative estimate of drug-likeness (QED) is 0.927. The van der Waals surface area contributed by atoms with Crippen molar-refractivity contribution in [1.29, 1.82) is 0 Å². The predicted octanol–water partition coefficient (Wildman–Crippen LogP) is 2.84. The van der Waals surface area contributed by atoms with Crippen molar-refractivity contribution in [2.24, 2.45) is 11.8 Å². The molecular formula is C17H23NO3. The van der Waals surface area contributed by atoms with Gasteiger partial charge in [0.2, 0.25) is 5.91 Å². The Morgan fingerprint density at radius 3 is 2.67 bits per heavy atom. The van der Waals surface area contributed by atoms with E-state index in [2.05, 4.69) is 6.07 Å². The topological polar surface area (TPSA) is 57.6 Å². The van der Waals surface area contributed by atoms with Gasteiger partial charge in [0.05, 0.1) is 5.92 Å². The van der Waals surface area contributed by atoms with E-state index in [1.165, 1.54) is 5.56 Å². The van der Waals surface area contributed by atoms with Crippen molar-refractivity contribution in [2.75, 3.05) is 7.05 Å². The first-order valence-electron chi connectivity index (χ1n) is 7.50. The summed E-state index contributed by atoms with van der Waals surface area (Å²) in [5.74, 6) is -1.20. The van der Waals surface area contributed by atoms with Crippen molar-refractivity contribution in [3.05, 3.63) is 35.4 Å². The minimum Gasteiger partial charge on any atom is -0.481 e. The third-order valence-corrected chi connectivity index (χ3v) is 4.25. The second kappa shape index (κ2) is 6.74. The molecule has 1 aliphatic rings. The summed E-state index contributed by atoms with van der Waals surface area (Å²) in [5, 5.41) is 9.12. The molecule has 2 unspecified atom stereocenters. The fraction of sp³-hybridized carbons (Fsp3) is 0.529. The molecule has 114 valence electrons. The van der Waals surface area contributed by atoms with Gasteiger partial charge in [0, 0.05) is 19.5 Å². The van der Waals surface area contributed by atoms with Gasteiger partial charge in [-0.05, 0) is 31.7 Å². The fourth-order valence-electron chi connectivity index (χ4n) is 3.11. The average Bonchev–Trinajstić information content (AvgIpc) is 2.46. The van der Waals surface area contributed by atoms with E-state index >= 15 is 0 Å². The first kappa shape index (κ1) is 15.5. The number of aliphatic carboxylic acids is 1. The van der Waals surface area contributed by atoms with Crippen LogP contribution in [0.5, 0.6) is 0 Å². The zero-order chi connectivity index (χ0) is 15.4. The van der Waals surface area contributed by atoms with Crippen molar-refractivity contribution in [3.8, 4) is 0 Å². The van der Waals surface area contributed by atoms with Gasteiger partial charge in [0.1, 0.15) is 0 Å². The van der Waals surface area contributed by atoms with E-state index in [1.807, 2.05) is 25.1 Å². The van der Waals surface area contributed by atoms with Crippen molar-refractivity contribution < 1.29 is 14.7 Å². The van der Waals surface area contributed by atoms with Crippen LogP contribution in [0, 0.1) is 18.8 Å². The highest BCUT2D eigenvalue weighted by atomic mass is 16.4. The molecule has 1 aliphatic carbocycles. The first-order valence-corrected chi connectivity index (χ1v) is 7.50. The minimum absolute atomic E-state index is 0.0717. The van der Waals surface area contributed by atoms with Crippen LogP contribution in [-0.2, 0) is 16.1 Å². The summed E-state index contributed by atoms with van der Waals surface area (Å²) >= 11 is 0. The number of nitrogens with zero attached hydrogens (tertiary/aromatic N) is 1. The Balaban J connectivity index is 1.97. The molecule has 0 heterocycles. The fourth-order valence-corrected chi connectivity index (χ4v) is 3.11. The van der Waals surface area contributed by atoms with Gasteiger partial charge in [0.15, 0.2) is 0 Å². The normalized spacial score (nSPS) is 21.8. The highest BCUT2D eigenvalue weighted by molar-refractivity contribution is 5.80. The summed E-state index contributed by atoms with van der Waals surface area (Å²) in [6, 6.07) is 8.11. The van der Waals surface area contributed by atoms with E-state index in [1.54, 1.807) is 11.9 Å². The maximum Gasteiger partial charge on any atom is 0.306 e. The first-order chi connectivity index (χ1) is 9.97. The average molecular weight is 289 g/mol. The molecule has 1 fully saturated rings. The second-order valence-electron chi connectivity index (χ2n) is 6.08. The highest BCUT2D eigenvalue weighted by Gasteiger charge is 2.32. The Morgan fingerprint density at radius 2 is 2.00 bits per heavy atom. The summed E-state index contributed by atoms with van der Waals surface area (Å²) in [6.45, 7) is 2.61. The van der Waals surface area contributed by atoms with Crippen molar-refractivity contribution in [3.63, 3.8) is 0 Å². The van der Waals surface area contributed by atoms with Gasteiger partial charge < -0.3 is 10.0 Å². The SMILES string of the molecule is Cc1cccc(CN(C)C(=O)C2CCCC(C(=O)O)C2)c1. The lowest BCUT2D eigenvalue weighted by atomic mass is 9.81. The molecule has 2 rings (SSSR count). The minimum atomic E-state index is -0.770. The molecule has 1 aromatic rings. The summed E-state index contributed by atoms with van der Waals surface area (Å²) in [7, 11) is 1.80. The van der Waals surface area contributed by atoms with Crippen LogP contribution in [0.4, 0.5) is 0 Å². The lowest BCUT2D eigenvalue weighted by Crippen LogP contribution is -2.36. The van der Waals surface area contributed by atoms with Crippen molar-refractivity contribution in [2.45, 2.75) is 39.2 Å². The van der Waals surface area contributed by atoms with Crippen LogP contribution in [0.2, 0.25) is 0 Å². The lowest BCUT2D eigenvalue weighted by molar-refractivity contribution is -0.145. The number of carboxylic acids is 1. The van der Waals surface area contributed by atoms with Crippen LogP contribution in [0.25, 0.3) is 0 Å². The molecule has 1 aromatic carbocycles. The highest BCUT2D eigenvalue weighted by Crippen LogP contribution is 2.30. The Bertz CT molecular complexity index is 527. The van der Waals surface area contributed by atoms with E-state index in [4.69, 9.17) is 5.11 Å².